The van der Waals surface area contributed by atoms with E-state index in [0.29, 0.717) is 18.4 Å². The maximum Gasteiger partial charge on any atom is 0.306 e. The Labute approximate surface area is 154 Å². The van der Waals surface area contributed by atoms with Crippen LogP contribution in [0.25, 0.3) is 5.69 Å². The molecule has 1 saturated carbocycles. The number of amides is 1. The first-order valence-corrected chi connectivity index (χ1v) is 9.25. The van der Waals surface area contributed by atoms with Crippen LogP contribution in [0.15, 0.2) is 36.4 Å². The van der Waals surface area contributed by atoms with E-state index in [4.69, 9.17) is 0 Å². The summed E-state index contributed by atoms with van der Waals surface area (Å²) in [6, 6.07) is 12.0. The van der Waals surface area contributed by atoms with Crippen molar-refractivity contribution in [3.8, 4) is 5.69 Å². The molecule has 0 bridgehead atoms. The number of rotatable bonds is 4. The molecule has 1 aliphatic carbocycles. The van der Waals surface area contributed by atoms with Crippen molar-refractivity contribution in [3.63, 3.8) is 0 Å². The Hall–Kier alpha value is -2.56. The molecular formula is C21H26N2O3. The molecule has 2 atom stereocenters. The number of hydrogen-bond donors (Lipinski definition) is 2. The first-order valence-electron chi connectivity index (χ1n) is 9.25. The van der Waals surface area contributed by atoms with Gasteiger partial charge in [0.05, 0.1) is 11.5 Å². The molecule has 1 amide bonds. The second kappa shape index (κ2) is 7.77. The van der Waals surface area contributed by atoms with Crippen molar-refractivity contribution in [3.05, 3.63) is 53.3 Å². The smallest absolute Gasteiger partial charge is 0.306 e. The molecular weight excluding hydrogens is 328 g/mol. The first kappa shape index (κ1) is 18.2. The molecule has 5 nitrogen and oxygen atoms in total. The van der Waals surface area contributed by atoms with Gasteiger partial charge in [0.2, 0.25) is 0 Å². The van der Waals surface area contributed by atoms with Gasteiger partial charge < -0.3 is 15.0 Å². The highest BCUT2D eigenvalue weighted by molar-refractivity contribution is 5.96. The second-order valence-electron chi connectivity index (χ2n) is 7.17. The third-order valence-electron chi connectivity index (χ3n) is 5.34. The number of nitrogens with one attached hydrogen (secondary N) is 1. The minimum Gasteiger partial charge on any atom is -0.481 e. The van der Waals surface area contributed by atoms with Crippen molar-refractivity contribution in [1.29, 1.82) is 0 Å². The molecule has 0 spiro atoms. The van der Waals surface area contributed by atoms with Gasteiger partial charge in [-0.05, 0) is 57.7 Å². The number of aryl methyl sites for hydroxylation is 1. The third-order valence-corrected chi connectivity index (χ3v) is 5.34. The molecule has 1 aromatic carbocycles. The molecule has 2 aromatic rings. The number of hydrogen-bond acceptors (Lipinski definition) is 2. The highest BCUT2D eigenvalue weighted by Gasteiger charge is 2.25. The van der Waals surface area contributed by atoms with Crippen molar-refractivity contribution in [2.24, 2.45) is 5.92 Å². The van der Waals surface area contributed by atoms with Crippen LogP contribution in [0.5, 0.6) is 0 Å². The number of aliphatic carboxylic acids is 1. The largest absolute Gasteiger partial charge is 0.481 e. The number of benzene rings is 1. The molecule has 1 heterocycles. The lowest BCUT2D eigenvalue weighted by Gasteiger charge is -2.16. The molecule has 1 fully saturated rings. The summed E-state index contributed by atoms with van der Waals surface area (Å²) in [6.45, 7) is 3.96. The van der Waals surface area contributed by atoms with Crippen LogP contribution < -0.4 is 5.32 Å². The van der Waals surface area contributed by atoms with Gasteiger partial charge in [0, 0.05) is 23.1 Å². The van der Waals surface area contributed by atoms with Gasteiger partial charge in [-0.2, -0.15) is 0 Å². The highest BCUT2D eigenvalue weighted by Crippen LogP contribution is 2.25. The Bertz CT molecular complexity index is 795. The first-order chi connectivity index (χ1) is 12.5. The fourth-order valence-corrected chi connectivity index (χ4v) is 3.92. The fraction of sp³-hybridized carbons (Fsp3) is 0.429. The predicted molar refractivity (Wildman–Crippen MR) is 101 cm³/mol. The van der Waals surface area contributed by atoms with Gasteiger partial charge in [0.25, 0.3) is 5.91 Å². The van der Waals surface area contributed by atoms with Gasteiger partial charge in [-0.15, -0.1) is 0 Å². The Balaban J connectivity index is 1.74. The van der Waals surface area contributed by atoms with Crippen LogP contribution in [0.1, 0.15) is 53.8 Å². The Kier molecular flexibility index (Phi) is 5.45. The number of carbonyl (C=O) groups is 2. The van der Waals surface area contributed by atoms with Gasteiger partial charge in [-0.25, -0.2) is 0 Å². The molecule has 1 aromatic heterocycles. The Morgan fingerprint density at radius 2 is 1.81 bits per heavy atom. The standard InChI is InChI=1S/C21H26N2O3/c1-14-13-19(15(2)23(14)18-9-4-3-5-10-18)20(24)22-17-8-6-7-16(11-12-17)21(25)26/h3-5,9-10,13,16-17H,6-8,11-12H2,1-2H3,(H,22,24)(H,25,26). The molecule has 5 heteroatoms. The normalized spacial score (nSPS) is 20.4. The zero-order valence-corrected chi connectivity index (χ0v) is 15.4. The lowest BCUT2D eigenvalue weighted by Crippen LogP contribution is -2.34. The molecule has 0 aliphatic heterocycles. The Morgan fingerprint density at radius 1 is 1.08 bits per heavy atom. The summed E-state index contributed by atoms with van der Waals surface area (Å²) in [4.78, 5) is 24.0. The van der Waals surface area contributed by atoms with Crippen molar-refractivity contribution >= 4 is 11.9 Å². The van der Waals surface area contributed by atoms with Crippen LogP contribution in [0.3, 0.4) is 0 Å². The summed E-state index contributed by atoms with van der Waals surface area (Å²) in [5.74, 6) is -1.07. The van der Waals surface area contributed by atoms with E-state index < -0.39 is 5.97 Å². The summed E-state index contributed by atoms with van der Waals surface area (Å²) < 4.78 is 2.09. The third kappa shape index (κ3) is 3.82. The lowest BCUT2D eigenvalue weighted by molar-refractivity contribution is -0.142. The molecule has 0 radical (unpaired) electrons. The number of carboxylic acid groups (broad SMARTS) is 1. The van der Waals surface area contributed by atoms with Crippen LogP contribution in [0.4, 0.5) is 0 Å². The van der Waals surface area contributed by atoms with Crippen molar-refractivity contribution in [2.75, 3.05) is 0 Å². The SMILES string of the molecule is Cc1cc(C(=O)NC2CCCC(C(=O)O)CC2)c(C)n1-c1ccccc1. The van der Waals surface area contributed by atoms with Crippen molar-refractivity contribution in [1.82, 2.24) is 9.88 Å². The maximum absolute atomic E-state index is 12.8. The molecule has 2 unspecified atom stereocenters. The fourth-order valence-electron chi connectivity index (χ4n) is 3.92. The minimum absolute atomic E-state index is 0.0478. The van der Waals surface area contributed by atoms with E-state index in [1.54, 1.807) is 0 Å². The monoisotopic (exact) mass is 354 g/mol. The number of carbonyl (C=O) groups excluding carboxylic acids is 1. The van der Waals surface area contributed by atoms with E-state index in [1.807, 2.05) is 50.2 Å². The minimum atomic E-state index is -0.719. The van der Waals surface area contributed by atoms with Crippen LogP contribution >= 0.6 is 0 Å². The van der Waals surface area contributed by atoms with Gasteiger partial charge >= 0.3 is 5.97 Å². The predicted octanol–water partition coefficient (Wildman–Crippen LogP) is 3.86. The summed E-state index contributed by atoms with van der Waals surface area (Å²) in [6.07, 6.45) is 3.73. The maximum atomic E-state index is 12.8. The summed E-state index contributed by atoms with van der Waals surface area (Å²) in [7, 11) is 0. The van der Waals surface area contributed by atoms with Gasteiger partial charge in [0.15, 0.2) is 0 Å². The molecule has 138 valence electrons. The van der Waals surface area contributed by atoms with Gasteiger partial charge in [-0.1, -0.05) is 24.6 Å². The van der Waals surface area contributed by atoms with Crippen molar-refractivity contribution in [2.45, 2.75) is 52.0 Å². The van der Waals surface area contributed by atoms with E-state index in [1.165, 1.54) is 0 Å². The van der Waals surface area contributed by atoms with Crippen LogP contribution in [-0.2, 0) is 4.79 Å². The van der Waals surface area contributed by atoms with E-state index in [2.05, 4.69) is 9.88 Å². The molecule has 2 N–H and O–H groups in total. The van der Waals surface area contributed by atoms with Crippen LogP contribution in [0, 0.1) is 19.8 Å². The average Bonchev–Trinajstić information content (AvgIpc) is 2.78. The number of carboxylic acids is 1. The van der Waals surface area contributed by atoms with Gasteiger partial charge in [-0.3, -0.25) is 9.59 Å². The number of aromatic nitrogens is 1. The molecule has 1 aliphatic rings. The summed E-state index contributed by atoms with van der Waals surface area (Å²) >= 11 is 0. The zero-order valence-electron chi connectivity index (χ0n) is 15.4. The zero-order chi connectivity index (χ0) is 18.7. The Morgan fingerprint density at radius 3 is 2.50 bits per heavy atom. The van der Waals surface area contributed by atoms with E-state index in [-0.39, 0.29) is 17.9 Å². The van der Waals surface area contributed by atoms with E-state index in [0.717, 1.165) is 36.3 Å². The molecule has 0 saturated heterocycles. The topological polar surface area (TPSA) is 71.3 Å². The lowest BCUT2D eigenvalue weighted by atomic mass is 10.0. The second-order valence-corrected chi connectivity index (χ2v) is 7.17. The summed E-state index contributed by atoms with van der Waals surface area (Å²) in [5.41, 5.74) is 3.67. The number of nitrogens with zero attached hydrogens (tertiary/aromatic N) is 1. The van der Waals surface area contributed by atoms with Crippen LogP contribution in [0.2, 0.25) is 0 Å². The quantitative estimate of drug-likeness (QED) is 0.819. The molecule has 26 heavy (non-hydrogen) atoms. The average molecular weight is 354 g/mol. The number of para-hydroxylation sites is 1. The summed E-state index contributed by atoms with van der Waals surface area (Å²) in [5, 5.41) is 12.3. The highest BCUT2D eigenvalue weighted by atomic mass is 16.4. The van der Waals surface area contributed by atoms with Gasteiger partial charge in [0.1, 0.15) is 0 Å². The van der Waals surface area contributed by atoms with Crippen molar-refractivity contribution < 1.29 is 14.7 Å². The van der Waals surface area contributed by atoms with E-state index in [9.17, 15) is 14.7 Å². The van der Waals surface area contributed by atoms with E-state index >= 15 is 0 Å². The van der Waals surface area contributed by atoms with Crippen LogP contribution in [-0.4, -0.2) is 27.6 Å². The molecule has 3 rings (SSSR count).